The van der Waals surface area contributed by atoms with E-state index in [0.717, 1.165) is 19.3 Å². The van der Waals surface area contributed by atoms with E-state index in [1.807, 2.05) is 0 Å². The Balaban J connectivity index is 3.95. The lowest BCUT2D eigenvalue weighted by Crippen LogP contribution is -2.24. The van der Waals surface area contributed by atoms with Gasteiger partial charge < -0.3 is 4.74 Å². The minimum Gasteiger partial charge on any atom is -0.465 e. The Morgan fingerprint density at radius 3 is 2.12 bits per heavy atom. The third-order valence-corrected chi connectivity index (χ3v) is 2.59. The molecule has 0 heterocycles. The first-order valence-corrected chi connectivity index (χ1v) is 6.16. The second-order valence-electron chi connectivity index (χ2n) is 4.59. The van der Waals surface area contributed by atoms with Gasteiger partial charge in [0.25, 0.3) is 0 Å². The van der Waals surface area contributed by atoms with Crippen LogP contribution in [0.3, 0.4) is 0 Å². The van der Waals surface area contributed by atoms with Crippen LogP contribution < -0.4 is 0 Å². The minimum absolute atomic E-state index is 0.0806. The zero-order valence-electron chi connectivity index (χ0n) is 10.9. The molecule has 0 saturated carbocycles. The van der Waals surface area contributed by atoms with Crippen molar-refractivity contribution in [1.82, 2.24) is 0 Å². The molecule has 0 radical (unpaired) electrons. The van der Waals surface area contributed by atoms with Gasteiger partial charge in [-0.2, -0.15) is 0 Å². The molecule has 0 aliphatic rings. The molecular formula is C13H24O3. The number of unbranched alkanes of at least 4 members (excludes halogenated alkanes) is 1. The maximum atomic E-state index is 11.5. The second-order valence-corrected chi connectivity index (χ2v) is 4.59. The lowest BCUT2D eigenvalue weighted by atomic mass is 9.96. The molecule has 3 nitrogen and oxygen atoms in total. The SMILES string of the molecule is CCOC(=O)C(CCCCC(C)C)C(C)=O. The third-order valence-electron chi connectivity index (χ3n) is 2.59. The fourth-order valence-corrected chi connectivity index (χ4v) is 1.63. The van der Waals surface area contributed by atoms with Gasteiger partial charge in [-0.1, -0.05) is 33.1 Å². The summed E-state index contributed by atoms with van der Waals surface area (Å²) in [7, 11) is 0. The Morgan fingerprint density at radius 2 is 1.69 bits per heavy atom. The summed E-state index contributed by atoms with van der Waals surface area (Å²) in [6, 6.07) is 0. The van der Waals surface area contributed by atoms with Crippen LogP contribution >= 0.6 is 0 Å². The van der Waals surface area contributed by atoms with E-state index in [9.17, 15) is 9.59 Å². The van der Waals surface area contributed by atoms with Gasteiger partial charge in [0.2, 0.25) is 0 Å². The summed E-state index contributed by atoms with van der Waals surface area (Å²) in [5.41, 5.74) is 0. The fraction of sp³-hybridized carbons (Fsp3) is 0.846. The van der Waals surface area contributed by atoms with Crippen LogP contribution in [0.4, 0.5) is 0 Å². The maximum absolute atomic E-state index is 11.5. The van der Waals surface area contributed by atoms with Crippen molar-refractivity contribution in [3.8, 4) is 0 Å². The van der Waals surface area contributed by atoms with Gasteiger partial charge in [-0.3, -0.25) is 9.59 Å². The molecule has 0 fully saturated rings. The van der Waals surface area contributed by atoms with Crippen LogP contribution in [0.1, 0.15) is 53.4 Å². The van der Waals surface area contributed by atoms with Gasteiger partial charge in [-0.25, -0.2) is 0 Å². The van der Waals surface area contributed by atoms with E-state index in [4.69, 9.17) is 4.74 Å². The van der Waals surface area contributed by atoms with Crippen molar-refractivity contribution in [3.05, 3.63) is 0 Å². The van der Waals surface area contributed by atoms with E-state index >= 15 is 0 Å². The van der Waals surface area contributed by atoms with E-state index in [0.29, 0.717) is 18.9 Å². The number of carbonyl (C=O) groups is 2. The highest BCUT2D eigenvalue weighted by Gasteiger charge is 2.23. The molecule has 3 heteroatoms. The number of carbonyl (C=O) groups excluding carboxylic acids is 2. The number of rotatable bonds is 8. The molecule has 1 unspecified atom stereocenters. The normalized spacial score (nSPS) is 12.6. The number of ether oxygens (including phenoxy) is 1. The molecule has 16 heavy (non-hydrogen) atoms. The van der Waals surface area contributed by atoms with Crippen molar-refractivity contribution in [2.45, 2.75) is 53.4 Å². The maximum Gasteiger partial charge on any atom is 0.316 e. The molecule has 1 atom stereocenters. The standard InChI is InChI=1S/C13H24O3/c1-5-16-13(15)12(11(4)14)9-7-6-8-10(2)3/h10,12H,5-9H2,1-4H3. The molecule has 0 aliphatic heterocycles. The van der Waals surface area contributed by atoms with Gasteiger partial charge in [-0.05, 0) is 26.2 Å². The predicted molar refractivity (Wildman–Crippen MR) is 64.1 cm³/mol. The number of Topliss-reactive ketones (excluding diaryl/α,β-unsaturated/α-hetero) is 1. The molecule has 0 spiro atoms. The molecule has 0 bridgehead atoms. The Bertz CT molecular complexity index is 221. The minimum atomic E-state index is -0.549. The van der Waals surface area contributed by atoms with Gasteiger partial charge in [0.15, 0.2) is 0 Å². The fourth-order valence-electron chi connectivity index (χ4n) is 1.63. The molecule has 94 valence electrons. The molecule has 0 aromatic rings. The van der Waals surface area contributed by atoms with Crippen molar-refractivity contribution in [1.29, 1.82) is 0 Å². The van der Waals surface area contributed by atoms with Crippen molar-refractivity contribution in [2.75, 3.05) is 6.61 Å². The van der Waals surface area contributed by atoms with Crippen LogP contribution in [0.15, 0.2) is 0 Å². The molecule has 0 amide bonds. The Labute approximate surface area is 98.6 Å². The van der Waals surface area contributed by atoms with Crippen LogP contribution in [0.25, 0.3) is 0 Å². The summed E-state index contributed by atoms with van der Waals surface area (Å²) in [4.78, 5) is 22.8. The van der Waals surface area contributed by atoms with Gasteiger partial charge in [-0.15, -0.1) is 0 Å². The lowest BCUT2D eigenvalue weighted by Gasteiger charge is -2.12. The molecule has 0 N–H and O–H groups in total. The monoisotopic (exact) mass is 228 g/mol. The number of hydrogen-bond acceptors (Lipinski definition) is 3. The van der Waals surface area contributed by atoms with E-state index in [1.165, 1.54) is 6.92 Å². The van der Waals surface area contributed by atoms with Crippen molar-refractivity contribution in [2.24, 2.45) is 11.8 Å². The second kappa shape index (κ2) is 8.31. The number of esters is 1. The van der Waals surface area contributed by atoms with E-state index in [1.54, 1.807) is 6.92 Å². The summed E-state index contributed by atoms with van der Waals surface area (Å²) >= 11 is 0. The molecule has 0 rings (SSSR count). The van der Waals surface area contributed by atoms with Crippen LogP contribution in [-0.2, 0) is 14.3 Å². The molecule has 0 aliphatic carbocycles. The van der Waals surface area contributed by atoms with Crippen LogP contribution in [0, 0.1) is 11.8 Å². The van der Waals surface area contributed by atoms with Crippen molar-refractivity contribution >= 4 is 11.8 Å². The largest absolute Gasteiger partial charge is 0.465 e. The van der Waals surface area contributed by atoms with Gasteiger partial charge in [0.05, 0.1) is 6.61 Å². The molecule has 0 aromatic heterocycles. The van der Waals surface area contributed by atoms with Crippen molar-refractivity contribution in [3.63, 3.8) is 0 Å². The average Bonchev–Trinajstić information content (AvgIpc) is 2.16. The highest BCUT2D eigenvalue weighted by Crippen LogP contribution is 2.15. The summed E-state index contributed by atoms with van der Waals surface area (Å²) < 4.78 is 4.88. The summed E-state index contributed by atoms with van der Waals surface area (Å²) in [6.45, 7) is 7.91. The molecular weight excluding hydrogens is 204 g/mol. The number of ketones is 1. The van der Waals surface area contributed by atoms with E-state index in [-0.39, 0.29) is 11.8 Å². The van der Waals surface area contributed by atoms with E-state index in [2.05, 4.69) is 13.8 Å². The Hall–Kier alpha value is -0.860. The van der Waals surface area contributed by atoms with Gasteiger partial charge >= 0.3 is 5.97 Å². The van der Waals surface area contributed by atoms with E-state index < -0.39 is 5.92 Å². The van der Waals surface area contributed by atoms with Gasteiger partial charge in [0, 0.05) is 0 Å². The Kier molecular flexibility index (Phi) is 7.86. The zero-order valence-corrected chi connectivity index (χ0v) is 10.9. The molecule has 0 aromatic carbocycles. The average molecular weight is 228 g/mol. The highest BCUT2D eigenvalue weighted by molar-refractivity contribution is 5.97. The smallest absolute Gasteiger partial charge is 0.316 e. The van der Waals surface area contributed by atoms with Gasteiger partial charge in [0.1, 0.15) is 11.7 Å². The molecule has 0 saturated heterocycles. The zero-order chi connectivity index (χ0) is 12.6. The van der Waals surface area contributed by atoms with Crippen LogP contribution in [0.5, 0.6) is 0 Å². The highest BCUT2D eigenvalue weighted by atomic mass is 16.5. The summed E-state index contributed by atoms with van der Waals surface area (Å²) in [5.74, 6) is -0.312. The first-order valence-electron chi connectivity index (χ1n) is 6.16. The first kappa shape index (κ1) is 15.1. The summed E-state index contributed by atoms with van der Waals surface area (Å²) in [6.07, 6.45) is 3.76. The van der Waals surface area contributed by atoms with Crippen LogP contribution in [0.2, 0.25) is 0 Å². The predicted octanol–water partition coefficient (Wildman–Crippen LogP) is 2.97. The first-order chi connectivity index (χ1) is 7.49. The Morgan fingerprint density at radius 1 is 1.12 bits per heavy atom. The topological polar surface area (TPSA) is 43.4 Å². The summed E-state index contributed by atoms with van der Waals surface area (Å²) in [5, 5.41) is 0. The third kappa shape index (κ3) is 6.59. The lowest BCUT2D eigenvalue weighted by molar-refractivity contribution is -0.151. The van der Waals surface area contributed by atoms with Crippen molar-refractivity contribution < 1.29 is 14.3 Å². The quantitative estimate of drug-likeness (QED) is 0.364. The number of hydrogen-bond donors (Lipinski definition) is 0. The van der Waals surface area contributed by atoms with Crippen LogP contribution in [-0.4, -0.2) is 18.4 Å².